The molecule has 6 heteroatoms. The first kappa shape index (κ1) is 11.4. The van der Waals surface area contributed by atoms with Gasteiger partial charge in [0.15, 0.2) is 5.82 Å². The summed E-state index contributed by atoms with van der Waals surface area (Å²) in [5, 5.41) is 2.01. The van der Waals surface area contributed by atoms with Crippen LogP contribution in [0.2, 0.25) is 0 Å². The SMILES string of the molecule is Nc1nc(-c2cccs2)nc(N2CCCCC2)n1. The topological polar surface area (TPSA) is 67.9 Å². The van der Waals surface area contributed by atoms with Crippen molar-refractivity contribution in [2.24, 2.45) is 0 Å². The van der Waals surface area contributed by atoms with Gasteiger partial charge in [0, 0.05) is 13.1 Å². The van der Waals surface area contributed by atoms with Gasteiger partial charge in [-0.25, -0.2) is 0 Å². The van der Waals surface area contributed by atoms with E-state index in [0.29, 0.717) is 17.7 Å². The lowest BCUT2D eigenvalue weighted by molar-refractivity contribution is 0.568. The van der Waals surface area contributed by atoms with Crippen LogP contribution in [-0.4, -0.2) is 28.0 Å². The number of rotatable bonds is 2. The minimum absolute atomic E-state index is 0.300. The standard InChI is InChI=1S/C12H15N5S/c13-11-14-10(9-5-4-8-18-9)15-12(16-11)17-6-2-1-3-7-17/h4-5,8H,1-3,6-7H2,(H2,13,14,15,16). The maximum atomic E-state index is 5.79. The van der Waals surface area contributed by atoms with Crippen molar-refractivity contribution < 1.29 is 0 Å². The third-order valence-corrected chi connectivity index (χ3v) is 3.89. The Morgan fingerprint density at radius 2 is 1.94 bits per heavy atom. The van der Waals surface area contributed by atoms with Crippen LogP contribution in [0.4, 0.5) is 11.9 Å². The molecular weight excluding hydrogens is 246 g/mol. The quantitative estimate of drug-likeness (QED) is 0.897. The molecule has 1 fully saturated rings. The molecule has 3 rings (SSSR count). The van der Waals surface area contributed by atoms with Crippen LogP contribution in [0, 0.1) is 0 Å². The fraction of sp³-hybridized carbons (Fsp3) is 0.417. The average Bonchev–Trinajstić information content (AvgIpc) is 2.93. The Bertz CT molecular complexity index is 519. The Balaban J connectivity index is 1.95. The number of hydrogen-bond acceptors (Lipinski definition) is 6. The molecule has 2 aromatic heterocycles. The lowest BCUT2D eigenvalue weighted by atomic mass is 10.1. The van der Waals surface area contributed by atoms with Crippen molar-refractivity contribution >= 4 is 23.2 Å². The molecule has 0 amide bonds. The summed E-state index contributed by atoms with van der Waals surface area (Å²) in [6, 6.07) is 3.99. The van der Waals surface area contributed by atoms with E-state index in [1.165, 1.54) is 19.3 Å². The highest BCUT2D eigenvalue weighted by Crippen LogP contribution is 2.24. The Hall–Kier alpha value is -1.69. The molecule has 2 aromatic rings. The van der Waals surface area contributed by atoms with Gasteiger partial charge in [0.1, 0.15) is 0 Å². The number of anilines is 2. The van der Waals surface area contributed by atoms with Crippen molar-refractivity contribution in [3.63, 3.8) is 0 Å². The molecule has 1 saturated heterocycles. The molecule has 0 saturated carbocycles. The normalized spacial score (nSPS) is 15.9. The summed E-state index contributed by atoms with van der Waals surface area (Å²) in [6.07, 6.45) is 3.68. The van der Waals surface area contributed by atoms with Crippen molar-refractivity contribution in [3.8, 4) is 10.7 Å². The summed E-state index contributed by atoms with van der Waals surface area (Å²) in [5.74, 6) is 1.69. The van der Waals surface area contributed by atoms with E-state index in [1.807, 2.05) is 17.5 Å². The van der Waals surface area contributed by atoms with Crippen LogP contribution >= 0.6 is 11.3 Å². The molecule has 5 nitrogen and oxygen atoms in total. The number of piperidine rings is 1. The summed E-state index contributed by atoms with van der Waals surface area (Å²) in [6.45, 7) is 2.01. The van der Waals surface area contributed by atoms with E-state index in [9.17, 15) is 0 Å². The van der Waals surface area contributed by atoms with Gasteiger partial charge in [0.25, 0.3) is 0 Å². The molecule has 1 aliphatic heterocycles. The van der Waals surface area contributed by atoms with Gasteiger partial charge < -0.3 is 10.6 Å². The Kier molecular flexibility index (Phi) is 3.10. The molecule has 0 spiro atoms. The number of aromatic nitrogens is 3. The minimum atomic E-state index is 0.300. The van der Waals surface area contributed by atoms with Crippen molar-refractivity contribution in [1.29, 1.82) is 0 Å². The van der Waals surface area contributed by atoms with E-state index in [1.54, 1.807) is 11.3 Å². The summed E-state index contributed by atoms with van der Waals surface area (Å²) in [7, 11) is 0. The largest absolute Gasteiger partial charge is 0.368 e. The van der Waals surface area contributed by atoms with Crippen LogP contribution in [0.25, 0.3) is 10.7 Å². The zero-order valence-corrected chi connectivity index (χ0v) is 10.9. The summed E-state index contributed by atoms with van der Waals surface area (Å²) in [4.78, 5) is 16.2. The molecular formula is C12H15N5S. The van der Waals surface area contributed by atoms with Crippen LogP contribution in [0.5, 0.6) is 0 Å². The zero-order chi connectivity index (χ0) is 12.4. The second kappa shape index (κ2) is 4.89. The maximum Gasteiger partial charge on any atom is 0.230 e. The highest BCUT2D eigenvalue weighted by molar-refractivity contribution is 7.13. The van der Waals surface area contributed by atoms with Gasteiger partial charge in [-0.1, -0.05) is 6.07 Å². The fourth-order valence-corrected chi connectivity index (χ4v) is 2.79. The highest BCUT2D eigenvalue weighted by Gasteiger charge is 2.16. The lowest BCUT2D eigenvalue weighted by Gasteiger charge is -2.26. The number of nitrogen functional groups attached to an aromatic ring is 1. The molecule has 0 unspecified atom stereocenters. The van der Waals surface area contributed by atoms with Gasteiger partial charge in [0.2, 0.25) is 11.9 Å². The van der Waals surface area contributed by atoms with Gasteiger partial charge in [0.05, 0.1) is 4.88 Å². The average molecular weight is 261 g/mol. The number of thiophene rings is 1. The van der Waals surface area contributed by atoms with E-state index >= 15 is 0 Å². The third-order valence-electron chi connectivity index (χ3n) is 3.02. The molecule has 0 aromatic carbocycles. The Labute approximate surface area is 110 Å². The van der Waals surface area contributed by atoms with E-state index in [4.69, 9.17) is 5.73 Å². The van der Waals surface area contributed by atoms with Crippen molar-refractivity contribution in [2.45, 2.75) is 19.3 Å². The molecule has 94 valence electrons. The monoisotopic (exact) mass is 261 g/mol. The van der Waals surface area contributed by atoms with Crippen molar-refractivity contribution in [3.05, 3.63) is 17.5 Å². The molecule has 0 atom stereocenters. The fourth-order valence-electron chi connectivity index (χ4n) is 2.13. The maximum absolute atomic E-state index is 5.79. The van der Waals surface area contributed by atoms with Gasteiger partial charge in [-0.15, -0.1) is 11.3 Å². The Morgan fingerprint density at radius 1 is 1.11 bits per heavy atom. The van der Waals surface area contributed by atoms with Crippen molar-refractivity contribution in [2.75, 3.05) is 23.7 Å². The van der Waals surface area contributed by atoms with Gasteiger partial charge in [-0.2, -0.15) is 15.0 Å². The molecule has 2 N–H and O–H groups in total. The molecule has 0 radical (unpaired) electrons. The summed E-state index contributed by atoms with van der Waals surface area (Å²) >= 11 is 1.61. The highest BCUT2D eigenvalue weighted by atomic mass is 32.1. The third kappa shape index (κ3) is 2.28. The first-order chi connectivity index (χ1) is 8.83. The molecule has 0 bridgehead atoms. The smallest absolute Gasteiger partial charge is 0.230 e. The first-order valence-corrected chi connectivity index (χ1v) is 7.01. The lowest BCUT2D eigenvalue weighted by Crippen LogP contribution is -2.31. The van der Waals surface area contributed by atoms with Crippen LogP contribution in [0.3, 0.4) is 0 Å². The molecule has 1 aliphatic rings. The molecule has 3 heterocycles. The predicted molar refractivity (Wildman–Crippen MR) is 73.6 cm³/mol. The zero-order valence-electron chi connectivity index (χ0n) is 10.0. The van der Waals surface area contributed by atoms with E-state index < -0.39 is 0 Å². The van der Waals surface area contributed by atoms with Gasteiger partial charge in [-0.05, 0) is 30.7 Å². The summed E-state index contributed by atoms with van der Waals surface area (Å²) < 4.78 is 0. The first-order valence-electron chi connectivity index (χ1n) is 6.13. The summed E-state index contributed by atoms with van der Waals surface area (Å²) in [5.41, 5.74) is 5.79. The van der Waals surface area contributed by atoms with Crippen LogP contribution in [0.1, 0.15) is 19.3 Å². The van der Waals surface area contributed by atoms with Gasteiger partial charge >= 0.3 is 0 Å². The van der Waals surface area contributed by atoms with Gasteiger partial charge in [-0.3, -0.25) is 0 Å². The Morgan fingerprint density at radius 3 is 2.67 bits per heavy atom. The van der Waals surface area contributed by atoms with E-state index in [-0.39, 0.29) is 0 Å². The van der Waals surface area contributed by atoms with Crippen molar-refractivity contribution in [1.82, 2.24) is 15.0 Å². The predicted octanol–water partition coefficient (Wildman–Crippen LogP) is 2.17. The molecule has 0 aliphatic carbocycles. The second-order valence-corrected chi connectivity index (χ2v) is 5.29. The van der Waals surface area contributed by atoms with Crippen LogP contribution < -0.4 is 10.6 Å². The molecule has 18 heavy (non-hydrogen) atoms. The second-order valence-electron chi connectivity index (χ2n) is 4.34. The minimum Gasteiger partial charge on any atom is -0.368 e. The van der Waals surface area contributed by atoms with E-state index in [2.05, 4.69) is 19.9 Å². The number of nitrogens with zero attached hydrogens (tertiary/aromatic N) is 4. The van der Waals surface area contributed by atoms with Crippen LogP contribution in [0.15, 0.2) is 17.5 Å². The van der Waals surface area contributed by atoms with Crippen LogP contribution in [-0.2, 0) is 0 Å². The van der Waals surface area contributed by atoms with E-state index in [0.717, 1.165) is 18.0 Å². The number of nitrogens with two attached hydrogens (primary N) is 1. The number of hydrogen-bond donors (Lipinski definition) is 1.